The molecule has 1 aliphatic rings. The highest BCUT2D eigenvalue weighted by molar-refractivity contribution is 5.95. The van der Waals surface area contributed by atoms with E-state index in [2.05, 4.69) is 4.90 Å². The summed E-state index contributed by atoms with van der Waals surface area (Å²) in [5, 5.41) is 9.22. The quantitative estimate of drug-likeness (QED) is 0.838. The van der Waals surface area contributed by atoms with E-state index in [1.165, 1.54) is 31.4 Å². The van der Waals surface area contributed by atoms with E-state index in [9.17, 15) is 14.7 Å². The zero-order chi connectivity index (χ0) is 15.2. The smallest absolute Gasteiger partial charge is 0.335 e. The Labute approximate surface area is 124 Å². The van der Waals surface area contributed by atoms with Crippen molar-refractivity contribution in [3.8, 4) is 0 Å². The van der Waals surface area contributed by atoms with Crippen LogP contribution in [0.4, 0.5) is 0 Å². The Kier molecular flexibility index (Phi) is 5.33. The molecule has 0 saturated carbocycles. The number of likely N-dealkylation sites (tertiary alicyclic amines) is 1. The maximum atomic E-state index is 11.2. The highest BCUT2D eigenvalue weighted by Crippen LogP contribution is 2.16. The maximum Gasteiger partial charge on any atom is 0.335 e. The van der Waals surface area contributed by atoms with E-state index in [4.69, 9.17) is 5.73 Å². The Morgan fingerprint density at radius 1 is 1.19 bits per heavy atom. The number of piperidine rings is 1. The molecule has 5 nitrogen and oxygen atoms in total. The molecule has 21 heavy (non-hydrogen) atoms. The summed E-state index contributed by atoms with van der Waals surface area (Å²) in [5.74, 6) is -1.48. The second-order valence-electron chi connectivity index (χ2n) is 5.55. The number of aryl methyl sites for hydroxylation is 1. The lowest BCUT2D eigenvalue weighted by atomic mass is 9.99. The number of amides is 1. The number of carboxylic acid groups (broad SMARTS) is 1. The normalized spacial score (nSPS) is 15.8. The summed E-state index contributed by atoms with van der Waals surface area (Å²) >= 11 is 0. The number of hydrogen-bond donors (Lipinski definition) is 2. The molecule has 0 radical (unpaired) electrons. The van der Waals surface area contributed by atoms with Crippen LogP contribution in [0.25, 0.3) is 0 Å². The molecular formula is C16H22N2O3. The van der Waals surface area contributed by atoms with Gasteiger partial charge in [0.15, 0.2) is 0 Å². The molecule has 0 atom stereocenters. The van der Waals surface area contributed by atoms with Crippen LogP contribution in [-0.2, 0) is 6.42 Å². The number of nitrogens with zero attached hydrogens (tertiary/aromatic N) is 1. The van der Waals surface area contributed by atoms with Crippen LogP contribution in [-0.4, -0.2) is 41.5 Å². The van der Waals surface area contributed by atoms with E-state index in [0.717, 1.165) is 26.1 Å². The third kappa shape index (κ3) is 4.29. The van der Waals surface area contributed by atoms with E-state index in [-0.39, 0.29) is 5.56 Å². The molecule has 0 spiro atoms. The number of benzene rings is 1. The highest BCUT2D eigenvalue weighted by Gasteiger charge is 2.14. The minimum absolute atomic E-state index is 0.263. The molecule has 1 amide bonds. The van der Waals surface area contributed by atoms with Crippen molar-refractivity contribution in [3.63, 3.8) is 0 Å². The summed E-state index contributed by atoms with van der Waals surface area (Å²) in [7, 11) is 0. The van der Waals surface area contributed by atoms with Gasteiger partial charge in [0, 0.05) is 5.56 Å². The van der Waals surface area contributed by atoms with Gasteiger partial charge in [-0.3, -0.25) is 4.79 Å². The van der Waals surface area contributed by atoms with Crippen molar-refractivity contribution in [1.29, 1.82) is 0 Å². The molecule has 2 rings (SSSR count). The Morgan fingerprint density at radius 2 is 1.90 bits per heavy atom. The zero-order valence-corrected chi connectivity index (χ0v) is 12.2. The van der Waals surface area contributed by atoms with Crippen LogP contribution >= 0.6 is 0 Å². The largest absolute Gasteiger partial charge is 0.478 e. The van der Waals surface area contributed by atoms with Crippen molar-refractivity contribution in [2.75, 3.05) is 19.6 Å². The first-order chi connectivity index (χ1) is 10.1. The molecule has 1 aliphatic heterocycles. The SMILES string of the molecule is NC(=O)c1ccc(C(=O)O)c(CCCN2CCCCC2)c1. The Hall–Kier alpha value is -1.88. The number of aromatic carboxylic acids is 1. The minimum Gasteiger partial charge on any atom is -0.478 e. The number of carboxylic acids is 1. The van der Waals surface area contributed by atoms with E-state index >= 15 is 0 Å². The fraction of sp³-hybridized carbons (Fsp3) is 0.500. The summed E-state index contributed by atoms with van der Waals surface area (Å²) < 4.78 is 0. The topological polar surface area (TPSA) is 83.6 Å². The molecule has 1 saturated heterocycles. The Morgan fingerprint density at radius 3 is 2.52 bits per heavy atom. The predicted octanol–water partition coefficient (Wildman–Crippen LogP) is 1.90. The van der Waals surface area contributed by atoms with Gasteiger partial charge in [-0.2, -0.15) is 0 Å². The third-order valence-electron chi connectivity index (χ3n) is 3.99. The fourth-order valence-corrected chi connectivity index (χ4v) is 2.84. The molecule has 1 heterocycles. The van der Waals surface area contributed by atoms with Crippen molar-refractivity contribution in [3.05, 3.63) is 34.9 Å². The molecule has 5 heteroatoms. The highest BCUT2D eigenvalue weighted by atomic mass is 16.4. The molecule has 1 aromatic carbocycles. The van der Waals surface area contributed by atoms with Crippen molar-refractivity contribution in [2.45, 2.75) is 32.1 Å². The van der Waals surface area contributed by atoms with Crippen molar-refractivity contribution < 1.29 is 14.7 Å². The van der Waals surface area contributed by atoms with Gasteiger partial charge in [0.05, 0.1) is 5.56 Å². The Bertz CT molecular complexity index is 522. The summed E-state index contributed by atoms with van der Waals surface area (Å²) in [6, 6.07) is 4.56. The molecule has 0 unspecified atom stereocenters. The van der Waals surface area contributed by atoms with Crippen LogP contribution in [0, 0.1) is 0 Å². The zero-order valence-electron chi connectivity index (χ0n) is 12.2. The van der Waals surface area contributed by atoms with Crippen molar-refractivity contribution in [2.24, 2.45) is 5.73 Å². The molecule has 114 valence electrons. The number of hydrogen-bond acceptors (Lipinski definition) is 3. The van der Waals surface area contributed by atoms with Gasteiger partial charge in [0.2, 0.25) is 5.91 Å². The van der Waals surface area contributed by atoms with E-state index in [1.54, 1.807) is 6.07 Å². The number of carbonyl (C=O) groups excluding carboxylic acids is 1. The van der Waals surface area contributed by atoms with Crippen LogP contribution in [0.5, 0.6) is 0 Å². The standard InChI is InChI=1S/C16H22N2O3/c17-15(19)13-6-7-14(16(20)21)12(11-13)5-4-10-18-8-2-1-3-9-18/h6-7,11H,1-5,8-10H2,(H2,17,19)(H,20,21). The van der Waals surface area contributed by atoms with Gasteiger partial charge in [0.1, 0.15) is 0 Å². The van der Waals surface area contributed by atoms with Crippen LogP contribution in [0.15, 0.2) is 18.2 Å². The fourth-order valence-electron chi connectivity index (χ4n) is 2.84. The Balaban J connectivity index is 2.00. The lowest BCUT2D eigenvalue weighted by molar-refractivity contribution is 0.0695. The second-order valence-corrected chi connectivity index (χ2v) is 5.55. The maximum absolute atomic E-state index is 11.2. The molecular weight excluding hydrogens is 268 g/mol. The minimum atomic E-state index is -0.959. The van der Waals surface area contributed by atoms with Gasteiger partial charge < -0.3 is 15.7 Å². The summed E-state index contributed by atoms with van der Waals surface area (Å²) in [6.45, 7) is 3.24. The third-order valence-corrected chi connectivity index (χ3v) is 3.99. The molecule has 0 bridgehead atoms. The monoisotopic (exact) mass is 290 g/mol. The van der Waals surface area contributed by atoms with Gasteiger partial charge in [0.25, 0.3) is 0 Å². The van der Waals surface area contributed by atoms with Crippen LogP contribution in [0.1, 0.15) is 52.0 Å². The van der Waals surface area contributed by atoms with Crippen molar-refractivity contribution >= 4 is 11.9 Å². The van der Waals surface area contributed by atoms with E-state index in [0.29, 0.717) is 17.5 Å². The van der Waals surface area contributed by atoms with Gasteiger partial charge in [-0.05, 0) is 69.1 Å². The average Bonchev–Trinajstić information content (AvgIpc) is 2.48. The van der Waals surface area contributed by atoms with Crippen LogP contribution in [0.3, 0.4) is 0 Å². The first kappa shape index (κ1) is 15.5. The second kappa shape index (κ2) is 7.22. The van der Waals surface area contributed by atoms with Gasteiger partial charge in [-0.25, -0.2) is 4.79 Å². The van der Waals surface area contributed by atoms with Crippen molar-refractivity contribution in [1.82, 2.24) is 4.90 Å². The van der Waals surface area contributed by atoms with Gasteiger partial charge in [-0.15, -0.1) is 0 Å². The molecule has 0 aliphatic carbocycles. The first-order valence-electron chi connectivity index (χ1n) is 7.46. The first-order valence-corrected chi connectivity index (χ1v) is 7.46. The van der Waals surface area contributed by atoms with Gasteiger partial charge >= 0.3 is 5.97 Å². The molecule has 3 N–H and O–H groups in total. The van der Waals surface area contributed by atoms with Gasteiger partial charge in [-0.1, -0.05) is 6.42 Å². The van der Waals surface area contributed by atoms with E-state index < -0.39 is 11.9 Å². The lowest BCUT2D eigenvalue weighted by Crippen LogP contribution is -2.30. The molecule has 1 fully saturated rings. The predicted molar refractivity (Wildman–Crippen MR) is 80.5 cm³/mol. The number of carbonyl (C=O) groups is 2. The summed E-state index contributed by atoms with van der Waals surface area (Å²) in [6.07, 6.45) is 5.34. The molecule has 0 aromatic heterocycles. The number of rotatable bonds is 6. The average molecular weight is 290 g/mol. The van der Waals surface area contributed by atoms with Crippen LogP contribution < -0.4 is 5.73 Å². The van der Waals surface area contributed by atoms with Crippen LogP contribution in [0.2, 0.25) is 0 Å². The lowest BCUT2D eigenvalue weighted by Gasteiger charge is -2.26. The summed E-state index contributed by atoms with van der Waals surface area (Å²) in [4.78, 5) is 24.9. The molecule has 1 aromatic rings. The van der Waals surface area contributed by atoms with E-state index in [1.807, 2.05) is 0 Å². The number of primary amides is 1. The summed E-state index contributed by atoms with van der Waals surface area (Å²) in [5.41, 5.74) is 6.58. The number of nitrogens with two attached hydrogens (primary N) is 1.